The summed E-state index contributed by atoms with van der Waals surface area (Å²) in [4.78, 5) is 26.1. The number of Topliss-reactive ketones (excluding diaryl/α,β-unsaturated/α-hetero) is 1. The smallest absolute Gasteiger partial charge is 0.279 e. The zero-order valence-corrected chi connectivity index (χ0v) is 18.3. The fraction of sp³-hybridized carbons (Fsp3) is 0.478. The van der Waals surface area contributed by atoms with Gasteiger partial charge in [0, 0.05) is 41.9 Å². The summed E-state index contributed by atoms with van der Waals surface area (Å²) in [6, 6.07) is 9.17. The summed E-state index contributed by atoms with van der Waals surface area (Å²) in [7, 11) is 3.44. The lowest BCUT2D eigenvalue weighted by atomic mass is 10.1. The number of carbonyl (C=O) groups is 2. The van der Waals surface area contributed by atoms with Gasteiger partial charge in [-0.2, -0.15) is 0 Å². The van der Waals surface area contributed by atoms with Crippen LogP contribution in [-0.4, -0.2) is 56.2 Å². The maximum Gasteiger partial charge on any atom is 0.279 e. The van der Waals surface area contributed by atoms with Crippen molar-refractivity contribution in [1.82, 2.24) is 4.57 Å². The normalized spacial score (nSPS) is 17.0. The van der Waals surface area contributed by atoms with Crippen molar-refractivity contribution in [2.45, 2.75) is 39.3 Å². The van der Waals surface area contributed by atoms with Gasteiger partial charge in [0.15, 0.2) is 6.54 Å². The molecule has 0 spiro atoms. The Hall–Kier alpha value is -2.64. The molecule has 0 bridgehead atoms. The van der Waals surface area contributed by atoms with E-state index in [0.29, 0.717) is 11.4 Å². The van der Waals surface area contributed by atoms with Crippen LogP contribution in [0, 0.1) is 13.8 Å². The number of aromatic nitrogens is 1. The average Bonchev–Trinajstić information content (AvgIpc) is 3.31. The second kappa shape index (κ2) is 9.91. The first-order valence-electron chi connectivity index (χ1n) is 10.4. The fourth-order valence-corrected chi connectivity index (χ4v) is 3.97. The number of carbonyl (C=O) groups excluding carboxylic acids is 2. The Labute approximate surface area is 178 Å². The summed E-state index contributed by atoms with van der Waals surface area (Å²) in [6.45, 7) is 6.09. The van der Waals surface area contributed by atoms with Crippen LogP contribution in [0.25, 0.3) is 0 Å². The average molecular weight is 415 g/mol. The number of aryl methyl sites for hydroxylation is 1. The molecule has 2 atom stereocenters. The van der Waals surface area contributed by atoms with Gasteiger partial charge in [0.2, 0.25) is 5.78 Å². The molecule has 1 fully saturated rings. The molecule has 0 aliphatic carbocycles. The van der Waals surface area contributed by atoms with E-state index in [1.54, 1.807) is 13.2 Å². The minimum absolute atomic E-state index is 0.0494. The molecule has 2 heterocycles. The summed E-state index contributed by atoms with van der Waals surface area (Å²) < 4.78 is 13.1. The van der Waals surface area contributed by atoms with E-state index >= 15 is 0 Å². The Bertz CT molecular complexity index is 900. The molecular weight excluding hydrogens is 382 g/mol. The number of quaternary nitrogens is 1. The van der Waals surface area contributed by atoms with E-state index in [9.17, 15) is 9.59 Å². The van der Waals surface area contributed by atoms with Gasteiger partial charge in [-0.3, -0.25) is 9.59 Å². The fourth-order valence-electron chi connectivity index (χ4n) is 3.97. The van der Waals surface area contributed by atoms with Crippen LogP contribution in [0.1, 0.15) is 34.6 Å². The van der Waals surface area contributed by atoms with Crippen LogP contribution < -0.4 is 15.0 Å². The lowest BCUT2D eigenvalue weighted by molar-refractivity contribution is -0.861. The van der Waals surface area contributed by atoms with Crippen LogP contribution in [0.5, 0.6) is 5.75 Å². The van der Waals surface area contributed by atoms with Crippen molar-refractivity contribution in [1.29, 1.82) is 0 Å². The molecule has 2 N–H and O–H groups in total. The number of ketones is 1. The zero-order chi connectivity index (χ0) is 21.7. The summed E-state index contributed by atoms with van der Waals surface area (Å²) in [6.07, 6.45) is 2.39. The molecule has 1 saturated heterocycles. The molecule has 1 unspecified atom stereocenters. The second-order valence-electron chi connectivity index (χ2n) is 8.04. The summed E-state index contributed by atoms with van der Waals surface area (Å²) in [5.41, 5.74) is 3.45. The first-order chi connectivity index (χ1) is 14.4. The Kier molecular flexibility index (Phi) is 7.29. The predicted molar refractivity (Wildman–Crippen MR) is 115 cm³/mol. The van der Waals surface area contributed by atoms with Gasteiger partial charge in [-0.05, 0) is 44.9 Å². The number of likely N-dealkylation sites (N-methyl/N-ethyl adjacent to an activating group) is 1. The number of rotatable bonds is 9. The molecule has 7 nitrogen and oxygen atoms in total. The number of amides is 1. The molecule has 0 radical (unpaired) electrons. The van der Waals surface area contributed by atoms with Gasteiger partial charge < -0.3 is 24.3 Å². The summed E-state index contributed by atoms with van der Waals surface area (Å²) in [5.74, 6) is 0.591. The minimum Gasteiger partial charge on any atom is -0.497 e. The van der Waals surface area contributed by atoms with Gasteiger partial charge in [0.25, 0.3) is 5.91 Å². The highest BCUT2D eigenvalue weighted by atomic mass is 16.5. The van der Waals surface area contributed by atoms with Gasteiger partial charge >= 0.3 is 0 Å². The highest BCUT2D eigenvalue weighted by Crippen LogP contribution is 2.20. The van der Waals surface area contributed by atoms with E-state index in [1.165, 1.54) is 0 Å². The monoisotopic (exact) mass is 414 g/mol. The third kappa shape index (κ3) is 5.49. The number of anilines is 1. The molecule has 1 aliphatic heterocycles. The molecular formula is C23H32N3O4+. The van der Waals surface area contributed by atoms with Crippen LogP contribution in [0.3, 0.4) is 0 Å². The lowest BCUT2D eigenvalue weighted by Gasteiger charge is -2.15. The van der Waals surface area contributed by atoms with E-state index in [2.05, 4.69) is 9.88 Å². The number of hydrogen-bond donors (Lipinski definition) is 2. The maximum atomic E-state index is 12.9. The van der Waals surface area contributed by atoms with E-state index in [-0.39, 0.29) is 30.9 Å². The Balaban J connectivity index is 1.56. The third-order valence-electron chi connectivity index (χ3n) is 5.56. The molecule has 1 aromatic carbocycles. The van der Waals surface area contributed by atoms with Crippen molar-refractivity contribution in [2.24, 2.45) is 0 Å². The highest BCUT2D eigenvalue weighted by molar-refractivity contribution is 5.98. The zero-order valence-electron chi connectivity index (χ0n) is 18.3. The van der Waals surface area contributed by atoms with Gasteiger partial charge in [0.05, 0.1) is 20.3 Å². The Morgan fingerprint density at radius 3 is 2.77 bits per heavy atom. The SMILES string of the molecule is COc1cccc(NC(=O)C[NH+](C)CC(=O)c2cc(C)n(C[C@@H]3CCCO3)c2C)c1. The number of hydrogen-bond acceptors (Lipinski definition) is 4. The summed E-state index contributed by atoms with van der Waals surface area (Å²) in [5, 5.41) is 2.86. The number of benzene rings is 1. The molecule has 7 heteroatoms. The van der Waals surface area contributed by atoms with Crippen LogP contribution in [0.2, 0.25) is 0 Å². The maximum absolute atomic E-state index is 12.9. The molecule has 162 valence electrons. The number of nitrogens with one attached hydrogen (secondary N) is 2. The van der Waals surface area contributed by atoms with Gasteiger partial charge in [-0.15, -0.1) is 0 Å². The van der Waals surface area contributed by atoms with Crippen molar-refractivity contribution >= 4 is 17.4 Å². The van der Waals surface area contributed by atoms with Crippen LogP contribution in [0.15, 0.2) is 30.3 Å². The van der Waals surface area contributed by atoms with Gasteiger partial charge in [-0.25, -0.2) is 0 Å². The Morgan fingerprint density at radius 1 is 1.27 bits per heavy atom. The van der Waals surface area contributed by atoms with E-state index in [4.69, 9.17) is 9.47 Å². The van der Waals surface area contributed by atoms with Gasteiger partial charge in [-0.1, -0.05) is 6.07 Å². The number of methoxy groups -OCH3 is 1. The molecule has 1 amide bonds. The van der Waals surface area contributed by atoms with E-state index < -0.39 is 0 Å². The van der Waals surface area contributed by atoms with Gasteiger partial charge in [0.1, 0.15) is 12.3 Å². The van der Waals surface area contributed by atoms with Crippen LogP contribution >= 0.6 is 0 Å². The molecule has 30 heavy (non-hydrogen) atoms. The molecule has 2 aromatic rings. The van der Waals surface area contributed by atoms with Crippen LogP contribution in [0.4, 0.5) is 5.69 Å². The third-order valence-corrected chi connectivity index (χ3v) is 5.56. The largest absolute Gasteiger partial charge is 0.497 e. The first kappa shape index (κ1) is 22.1. The number of ether oxygens (including phenoxy) is 2. The van der Waals surface area contributed by atoms with E-state index in [1.807, 2.05) is 45.2 Å². The van der Waals surface area contributed by atoms with Crippen molar-refractivity contribution < 1.29 is 24.0 Å². The molecule has 3 rings (SSSR count). The van der Waals surface area contributed by atoms with Crippen LogP contribution in [-0.2, 0) is 16.1 Å². The standard InChI is InChI=1S/C23H31N3O4/c1-16-11-21(17(2)26(16)13-20-9-6-10-30-20)22(27)14-25(3)15-23(28)24-18-7-5-8-19(12-18)29-4/h5,7-8,11-12,20H,6,9-10,13-15H2,1-4H3,(H,24,28)/p+1/t20-/m0/s1. The highest BCUT2D eigenvalue weighted by Gasteiger charge is 2.23. The van der Waals surface area contributed by atoms with E-state index in [0.717, 1.165) is 47.8 Å². The summed E-state index contributed by atoms with van der Waals surface area (Å²) >= 11 is 0. The predicted octanol–water partition coefficient (Wildman–Crippen LogP) is 1.63. The van der Waals surface area contributed by atoms with Crippen molar-refractivity contribution in [3.63, 3.8) is 0 Å². The minimum atomic E-state index is -0.141. The topological polar surface area (TPSA) is 74.0 Å². The molecule has 1 aliphatic rings. The Morgan fingerprint density at radius 2 is 2.07 bits per heavy atom. The van der Waals surface area contributed by atoms with Crippen molar-refractivity contribution in [3.05, 3.63) is 47.3 Å². The van der Waals surface area contributed by atoms with Crippen molar-refractivity contribution in [2.75, 3.05) is 39.2 Å². The second-order valence-corrected chi connectivity index (χ2v) is 8.04. The first-order valence-corrected chi connectivity index (χ1v) is 10.4. The quantitative estimate of drug-likeness (QED) is 0.612. The van der Waals surface area contributed by atoms with Crippen molar-refractivity contribution in [3.8, 4) is 5.75 Å². The number of nitrogens with zero attached hydrogens (tertiary/aromatic N) is 1. The molecule has 0 saturated carbocycles. The molecule has 1 aromatic heterocycles. The lowest BCUT2D eigenvalue weighted by Crippen LogP contribution is -3.11.